The van der Waals surface area contributed by atoms with Gasteiger partial charge in [0.1, 0.15) is 5.82 Å². The predicted octanol–water partition coefficient (Wildman–Crippen LogP) is 2.41. The number of hydrogen-bond acceptors (Lipinski definition) is 5. The molecule has 0 aromatic heterocycles. The lowest BCUT2D eigenvalue weighted by atomic mass is 10.1. The third kappa shape index (κ3) is 5.01. The lowest BCUT2D eigenvalue weighted by molar-refractivity contribution is 0.0730. The Hall–Kier alpha value is -2.33. The van der Waals surface area contributed by atoms with Gasteiger partial charge in [0, 0.05) is 19.6 Å². The average Bonchev–Trinajstić information content (AvgIpc) is 3.35. The molecule has 32 heavy (non-hydrogen) atoms. The van der Waals surface area contributed by atoms with Gasteiger partial charge in [-0.05, 0) is 49.7 Å². The second-order valence-electron chi connectivity index (χ2n) is 8.04. The van der Waals surface area contributed by atoms with Crippen LogP contribution < -0.4 is 5.32 Å². The van der Waals surface area contributed by atoms with Gasteiger partial charge in [-0.15, -0.1) is 0 Å². The first-order valence-electron chi connectivity index (χ1n) is 10.9. The zero-order valence-corrected chi connectivity index (χ0v) is 18.7. The molecule has 0 bridgehead atoms. The van der Waals surface area contributed by atoms with Crippen LogP contribution in [0.3, 0.4) is 0 Å². The molecular formula is C23H28FN3O4S. The molecule has 9 heteroatoms. The summed E-state index contributed by atoms with van der Waals surface area (Å²) in [7, 11) is -3.82. The highest BCUT2D eigenvalue weighted by Gasteiger charge is 2.29. The minimum Gasteiger partial charge on any atom is -0.379 e. The number of halogens is 1. The van der Waals surface area contributed by atoms with Crippen molar-refractivity contribution in [3.8, 4) is 0 Å². The quantitative estimate of drug-likeness (QED) is 0.685. The predicted molar refractivity (Wildman–Crippen MR) is 118 cm³/mol. The largest absolute Gasteiger partial charge is 0.379 e. The summed E-state index contributed by atoms with van der Waals surface area (Å²) in [5, 5.41) is 2.82. The monoisotopic (exact) mass is 461 g/mol. The summed E-state index contributed by atoms with van der Waals surface area (Å²) in [4.78, 5) is 15.1. The lowest BCUT2D eigenvalue weighted by Gasteiger charge is -2.28. The summed E-state index contributed by atoms with van der Waals surface area (Å²) in [6.07, 6.45) is 2.21. The van der Waals surface area contributed by atoms with E-state index in [-0.39, 0.29) is 29.6 Å². The van der Waals surface area contributed by atoms with Crippen molar-refractivity contribution in [3.63, 3.8) is 0 Å². The molecule has 1 unspecified atom stereocenters. The molecule has 2 aromatic rings. The number of carbonyl (C=O) groups excluding carboxylic acids is 1. The fourth-order valence-electron chi connectivity index (χ4n) is 4.25. The Bertz CT molecular complexity index is 1040. The van der Waals surface area contributed by atoms with E-state index >= 15 is 0 Å². The molecule has 1 atom stereocenters. The van der Waals surface area contributed by atoms with Crippen molar-refractivity contribution in [3.05, 3.63) is 65.5 Å². The van der Waals surface area contributed by atoms with Crippen molar-refractivity contribution < 1.29 is 22.3 Å². The highest BCUT2D eigenvalue weighted by Crippen LogP contribution is 2.25. The molecule has 1 N–H and O–H groups in total. The van der Waals surface area contributed by atoms with Crippen LogP contribution in [0.4, 0.5) is 4.39 Å². The zero-order chi connectivity index (χ0) is 22.6. The molecule has 2 heterocycles. The Kier molecular flexibility index (Phi) is 7.20. The number of morpholine rings is 1. The lowest BCUT2D eigenvalue weighted by Crippen LogP contribution is -2.40. The van der Waals surface area contributed by atoms with E-state index in [0.717, 1.165) is 43.6 Å². The molecule has 2 aliphatic heterocycles. The second kappa shape index (κ2) is 10.1. The number of sulfonamides is 1. The summed E-state index contributed by atoms with van der Waals surface area (Å²) in [6.45, 7) is 3.28. The van der Waals surface area contributed by atoms with Crippen molar-refractivity contribution >= 4 is 15.9 Å². The van der Waals surface area contributed by atoms with Gasteiger partial charge in [-0.25, -0.2) is 12.8 Å². The van der Waals surface area contributed by atoms with Crippen LogP contribution in [0.1, 0.15) is 34.8 Å². The highest BCUT2D eigenvalue weighted by atomic mass is 32.2. The van der Waals surface area contributed by atoms with Crippen LogP contribution in [0.2, 0.25) is 0 Å². The molecule has 2 fully saturated rings. The molecule has 2 saturated heterocycles. The van der Waals surface area contributed by atoms with Crippen LogP contribution in [0.15, 0.2) is 53.4 Å². The molecule has 0 aliphatic carbocycles. The number of hydrogen-bond donors (Lipinski definition) is 1. The minimum atomic E-state index is -3.82. The van der Waals surface area contributed by atoms with Crippen molar-refractivity contribution in [1.29, 1.82) is 0 Å². The number of benzene rings is 2. The Morgan fingerprint density at radius 1 is 1.03 bits per heavy atom. The molecule has 2 aromatic carbocycles. The smallest absolute Gasteiger partial charge is 0.254 e. The highest BCUT2D eigenvalue weighted by molar-refractivity contribution is 7.89. The SMILES string of the molecule is O=C(NCC(c1ccccc1)N1CCCC1)c1cc(S(=O)(=O)N2CCOCC2)ccc1F. The maximum atomic E-state index is 14.5. The van der Waals surface area contributed by atoms with E-state index in [4.69, 9.17) is 4.74 Å². The maximum absolute atomic E-state index is 14.5. The molecule has 7 nitrogen and oxygen atoms in total. The van der Waals surface area contributed by atoms with Gasteiger partial charge in [0.05, 0.1) is 29.7 Å². The minimum absolute atomic E-state index is 0.0222. The van der Waals surface area contributed by atoms with Crippen LogP contribution in [0.25, 0.3) is 0 Å². The standard InChI is InChI=1S/C23H28FN3O4S/c24-21-9-8-19(32(29,30)27-12-14-31-15-13-27)16-20(21)23(28)25-17-22(26-10-4-5-11-26)18-6-2-1-3-7-18/h1-3,6-9,16,22H,4-5,10-15,17H2,(H,25,28). The maximum Gasteiger partial charge on any atom is 0.254 e. The Labute approximate surface area is 188 Å². The Morgan fingerprint density at radius 3 is 2.41 bits per heavy atom. The zero-order valence-electron chi connectivity index (χ0n) is 17.9. The molecule has 1 amide bonds. The van der Waals surface area contributed by atoms with E-state index in [2.05, 4.69) is 10.2 Å². The van der Waals surface area contributed by atoms with Gasteiger partial charge in [-0.1, -0.05) is 30.3 Å². The summed E-state index contributed by atoms with van der Waals surface area (Å²) < 4.78 is 46.8. The number of likely N-dealkylation sites (tertiary alicyclic amines) is 1. The van der Waals surface area contributed by atoms with Gasteiger partial charge in [-0.3, -0.25) is 9.69 Å². The summed E-state index contributed by atoms with van der Waals surface area (Å²) >= 11 is 0. The van der Waals surface area contributed by atoms with Crippen molar-refractivity contribution in [2.45, 2.75) is 23.8 Å². The van der Waals surface area contributed by atoms with Crippen LogP contribution >= 0.6 is 0 Å². The van der Waals surface area contributed by atoms with Crippen molar-refractivity contribution in [1.82, 2.24) is 14.5 Å². The molecule has 2 aliphatic rings. The number of nitrogens with zero attached hydrogens (tertiary/aromatic N) is 2. The van der Waals surface area contributed by atoms with E-state index in [0.29, 0.717) is 19.8 Å². The van der Waals surface area contributed by atoms with Crippen LogP contribution in [0, 0.1) is 5.82 Å². The van der Waals surface area contributed by atoms with Gasteiger partial charge < -0.3 is 10.1 Å². The first-order chi connectivity index (χ1) is 15.5. The van der Waals surface area contributed by atoms with Crippen LogP contribution in [0.5, 0.6) is 0 Å². The summed E-state index contributed by atoms with van der Waals surface area (Å²) in [5.41, 5.74) is 0.811. The van der Waals surface area contributed by atoms with E-state index in [1.165, 1.54) is 10.4 Å². The first kappa shape index (κ1) is 22.8. The second-order valence-corrected chi connectivity index (χ2v) is 9.98. The normalized spacial score (nSPS) is 19.0. The molecule has 4 rings (SSSR count). The van der Waals surface area contributed by atoms with Crippen molar-refractivity contribution in [2.75, 3.05) is 45.9 Å². The first-order valence-corrected chi connectivity index (χ1v) is 12.4. The van der Waals surface area contributed by atoms with Gasteiger partial charge in [-0.2, -0.15) is 4.31 Å². The fraction of sp³-hybridized carbons (Fsp3) is 0.435. The van der Waals surface area contributed by atoms with Crippen LogP contribution in [-0.4, -0.2) is 69.5 Å². The molecule has 0 spiro atoms. The number of carbonyl (C=O) groups is 1. The van der Waals surface area contributed by atoms with E-state index in [1.54, 1.807) is 0 Å². The molecule has 172 valence electrons. The molecular weight excluding hydrogens is 433 g/mol. The fourth-order valence-corrected chi connectivity index (χ4v) is 5.68. The van der Waals surface area contributed by atoms with Gasteiger partial charge in [0.25, 0.3) is 5.91 Å². The van der Waals surface area contributed by atoms with E-state index < -0.39 is 21.7 Å². The van der Waals surface area contributed by atoms with Gasteiger partial charge >= 0.3 is 0 Å². The van der Waals surface area contributed by atoms with Gasteiger partial charge in [0.15, 0.2) is 0 Å². The van der Waals surface area contributed by atoms with Gasteiger partial charge in [0.2, 0.25) is 10.0 Å². The number of amides is 1. The number of rotatable bonds is 7. The molecule has 0 radical (unpaired) electrons. The Balaban J connectivity index is 1.51. The van der Waals surface area contributed by atoms with E-state index in [9.17, 15) is 17.6 Å². The van der Waals surface area contributed by atoms with Crippen LogP contribution in [-0.2, 0) is 14.8 Å². The van der Waals surface area contributed by atoms with E-state index in [1.807, 2.05) is 30.3 Å². The summed E-state index contributed by atoms with van der Waals surface area (Å²) in [6, 6.07) is 13.2. The topological polar surface area (TPSA) is 79.0 Å². The average molecular weight is 462 g/mol. The number of nitrogens with one attached hydrogen (secondary N) is 1. The third-order valence-corrected chi connectivity index (χ3v) is 7.91. The summed E-state index contributed by atoms with van der Waals surface area (Å²) in [5.74, 6) is -1.37. The Morgan fingerprint density at radius 2 is 1.72 bits per heavy atom. The third-order valence-electron chi connectivity index (χ3n) is 6.01. The molecule has 0 saturated carbocycles. The van der Waals surface area contributed by atoms with Crippen molar-refractivity contribution in [2.24, 2.45) is 0 Å². The number of ether oxygens (including phenoxy) is 1.